The molecule has 1 N–H and O–H groups in total. The molecule has 4 aliphatic heterocycles. The number of hydrogen-bond acceptors (Lipinski definition) is 6. The van der Waals surface area contributed by atoms with E-state index < -0.39 is 0 Å². The van der Waals surface area contributed by atoms with Crippen LogP contribution in [0.3, 0.4) is 0 Å². The quantitative estimate of drug-likeness (QED) is 0.477. The Labute approximate surface area is 192 Å². The monoisotopic (exact) mass is 448 g/mol. The summed E-state index contributed by atoms with van der Waals surface area (Å²) in [5, 5.41) is 9.65. The van der Waals surface area contributed by atoms with Crippen molar-refractivity contribution in [1.29, 1.82) is 0 Å². The number of aliphatic hydroxyl groups excluding tert-OH is 1. The molecule has 1 spiro atoms. The molecular weight excluding hydrogens is 408 g/mol. The third-order valence-corrected chi connectivity index (χ3v) is 8.53. The average Bonchev–Trinajstić information content (AvgIpc) is 3.58. The van der Waals surface area contributed by atoms with Crippen LogP contribution in [0.15, 0.2) is 11.6 Å². The van der Waals surface area contributed by atoms with Crippen molar-refractivity contribution in [3.63, 3.8) is 0 Å². The van der Waals surface area contributed by atoms with Gasteiger partial charge in [0.05, 0.1) is 30.0 Å². The van der Waals surface area contributed by atoms with Crippen LogP contribution in [0.25, 0.3) is 0 Å². The number of epoxide rings is 2. The third kappa shape index (κ3) is 4.59. The standard InChI is InChI=1S/C25H40N2O5/c1-17(2)4-5-22-24(3,32-22)21-12-20(6-9-25(21)16-30-25)31-23(29)27-13-18(14-27)7-10-26-11-8-19(28)15-26/h4,18-22,28H,5-16H2,1-3H3/t19-,20?,21?,22-,24-,25?/m1/s1. The maximum atomic E-state index is 12.7. The molecule has 4 saturated heterocycles. The molecule has 6 atom stereocenters. The normalized spacial score (nSPS) is 41.4. The van der Waals surface area contributed by atoms with Crippen molar-refractivity contribution in [3.05, 3.63) is 11.6 Å². The number of carbonyl (C=O) groups is 1. The minimum atomic E-state index is -0.168. The van der Waals surface area contributed by atoms with Gasteiger partial charge in [0.15, 0.2) is 0 Å². The van der Waals surface area contributed by atoms with Crippen molar-refractivity contribution in [2.75, 3.05) is 39.3 Å². The second kappa shape index (κ2) is 8.57. The van der Waals surface area contributed by atoms with E-state index in [1.54, 1.807) is 0 Å². The van der Waals surface area contributed by atoms with Gasteiger partial charge in [-0.2, -0.15) is 0 Å². The molecule has 0 aromatic rings. The summed E-state index contributed by atoms with van der Waals surface area (Å²) in [6.45, 7) is 11.7. The van der Waals surface area contributed by atoms with Crippen LogP contribution in [-0.4, -0.2) is 89.8 Å². The minimum absolute atomic E-state index is 0.0439. The van der Waals surface area contributed by atoms with E-state index in [0.717, 1.165) is 77.9 Å². The van der Waals surface area contributed by atoms with E-state index >= 15 is 0 Å². The molecule has 1 amide bonds. The molecule has 7 nitrogen and oxygen atoms in total. The Morgan fingerprint density at radius 2 is 2.03 bits per heavy atom. The van der Waals surface area contributed by atoms with Crippen LogP contribution in [0.1, 0.15) is 59.3 Å². The van der Waals surface area contributed by atoms with E-state index in [-0.39, 0.29) is 41.5 Å². The number of carbonyl (C=O) groups excluding carboxylic acids is 1. The fraction of sp³-hybridized carbons (Fsp3) is 0.880. The molecule has 180 valence electrons. The summed E-state index contributed by atoms with van der Waals surface area (Å²) < 4.78 is 18.1. The van der Waals surface area contributed by atoms with E-state index in [2.05, 4.69) is 31.7 Å². The summed E-state index contributed by atoms with van der Waals surface area (Å²) in [4.78, 5) is 16.9. The van der Waals surface area contributed by atoms with Gasteiger partial charge < -0.3 is 29.1 Å². The summed E-state index contributed by atoms with van der Waals surface area (Å²) in [7, 11) is 0. The van der Waals surface area contributed by atoms with Gasteiger partial charge in [-0.1, -0.05) is 11.6 Å². The number of rotatable bonds is 7. The first-order valence-corrected chi connectivity index (χ1v) is 12.6. The summed E-state index contributed by atoms with van der Waals surface area (Å²) in [6.07, 6.45) is 7.72. The van der Waals surface area contributed by atoms with Gasteiger partial charge in [0.2, 0.25) is 0 Å². The zero-order valence-electron chi connectivity index (χ0n) is 19.9. The Hall–Kier alpha value is -1.15. The lowest BCUT2D eigenvalue weighted by atomic mass is 9.70. The van der Waals surface area contributed by atoms with Gasteiger partial charge in [0, 0.05) is 32.1 Å². The van der Waals surface area contributed by atoms with Crippen LogP contribution in [0.2, 0.25) is 0 Å². The van der Waals surface area contributed by atoms with Crippen LogP contribution in [-0.2, 0) is 14.2 Å². The van der Waals surface area contributed by atoms with Gasteiger partial charge in [-0.25, -0.2) is 4.79 Å². The maximum Gasteiger partial charge on any atom is 0.410 e. The van der Waals surface area contributed by atoms with Gasteiger partial charge >= 0.3 is 6.09 Å². The van der Waals surface area contributed by atoms with Gasteiger partial charge in [-0.05, 0) is 71.8 Å². The van der Waals surface area contributed by atoms with Crippen molar-refractivity contribution in [2.45, 2.75) is 88.8 Å². The predicted molar refractivity (Wildman–Crippen MR) is 120 cm³/mol. The topological polar surface area (TPSA) is 78.1 Å². The highest BCUT2D eigenvalue weighted by Gasteiger charge is 2.68. The van der Waals surface area contributed by atoms with Crippen LogP contribution >= 0.6 is 0 Å². The molecule has 3 unspecified atom stereocenters. The van der Waals surface area contributed by atoms with E-state index in [1.165, 1.54) is 5.57 Å². The lowest BCUT2D eigenvalue weighted by Crippen LogP contribution is -2.52. The first-order chi connectivity index (χ1) is 15.3. The van der Waals surface area contributed by atoms with E-state index in [0.29, 0.717) is 5.92 Å². The Morgan fingerprint density at radius 1 is 1.25 bits per heavy atom. The zero-order valence-corrected chi connectivity index (χ0v) is 19.9. The molecule has 7 heteroatoms. The molecule has 1 aliphatic carbocycles. The number of amides is 1. The second-order valence-electron chi connectivity index (χ2n) is 11.3. The fourth-order valence-electron chi connectivity index (χ4n) is 6.18. The number of aliphatic hydroxyl groups is 1. The zero-order chi connectivity index (χ0) is 22.5. The Bertz CT molecular complexity index is 743. The van der Waals surface area contributed by atoms with Gasteiger partial charge in [0.25, 0.3) is 0 Å². The van der Waals surface area contributed by atoms with Crippen LogP contribution in [0.4, 0.5) is 4.79 Å². The molecule has 5 rings (SSSR count). The Morgan fingerprint density at radius 3 is 2.69 bits per heavy atom. The van der Waals surface area contributed by atoms with Crippen molar-refractivity contribution < 1.29 is 24.1 Å². The van der Waals surface area contributed by atoms with Crippen molar-refractivity contribution in [1.82, 2.24) is 9.80 Å². The van der Waals surface area contributed by atoms with Gasteiger partial charge in [-0.3, -0.25) is 0 Å². The van der Waals surface area contributed by atoms with Gasteiger partial charge in [0.1, 0.15) is 6.10 Å². The number of hydrogen-bond donors (Lipinski definition) is 1. The highest BCUT2D eigenvalue weighted by atomic mass is 16.6. The lowest BCUT2D eigenvalue weighted by Gasteiger charge is -2.41. The largest absolute Gasteiger partial charge is 0.446 e. The summed E-state index contributed by atoms with van der Waals surface area (Å²) in [5.74, 6) is 0.842. The maximum absolute atomic E-state index is 12.7. The summed E-state index contributed by atoms with van der Waals surface area (Å²) in [6, 6.07) is 0. The second-order valence-corrected chi connectivity index (χ2v) is 11.3. The lowest BCUT2D eigenvalue weighted by molar-refractivity contribution is -0.0231. The molecule has 0 aromatic heterocycles. The molecule has 0 aromatic carbocycles. The van der Waals surface area contributed by atoms with E-state index in [1.807, 2.05) is 4.90 Å². The highest BCUT2D eigenvalue weighted by molar-refractivity contribution is 5.68. The first kappa shape index (κ1) is 22.6. The highest BCUT2D eigenvalue weighted by Crippen LogP contribution is 2.59. The first-order valence-electron chi connectivity index (χ1n) is 12.6. The van der Waals surface area contributed by atoms with Gasteiger partial charge in [-0.15, -0.1) is 0 Å². The van der Waals surface area contributed by atoms with Crippen molar-refractivity contribution in [3.8, 4) is 0 Å². The minimum Gasteiger partial charge on any atom is -0.446 e. The SMILES string of the molecule is CC(C)=CC[C@H]1O[C@]1(C)C1CC(OC(=O)N2CC(CCN3CC[C@@H](O)C3)C2)CCC12CO2. The molecule has 5 aliphatic rings. The summed E-state index contributed by atoms with van der Waals surface area (Å²) in [5.41, 5.74) is 1.10. The molecule has 4 heterocycles. The number of likely N-dealkylation sites (tertiary alicyclic amines) is 2. The third-order valence-electron chi connectivity index (χ3n) is 8.53. The molecular formula is C25H40N2O5. The molecule has 0 bridgehead atoms. The molecule has 5 fully saturated rings. The predicted octanol–water partition coefficient (Wildman–Crippen LogP) is 2.96. The van der Waals surface area contributed by atoms with E-state index in [4.69, 9.17) is 14.2 Å². The Balaban J connectivity index is 1.07. The van der Waals surface area contributed by atoms with Crippen molar-refractivity contribution in [2.24, 2.45) is 11.8 Å². The number of nitrogens with zero attached hydrogens (tertiary/aromatic N) is 2. The summed E-state index contributed by atoms with van der Waals surface area (Å²) >= 11 is 0. The smallest absolute Gasteiger partial charge is 0.410 e. The number of allylic oxidation sites excluding steroid dienone is 1. The molecule has 0 radical (unpaired) electrons. The van der Waals surface area contributed by atoms with Crippen molar-refractivity contribution >= 4 is 6.09 Å². The molecule has 32 heavy (non-hydrogen) atoms. The van der Waals surface area contributed by atoms with E-state index in [9.17, 15) is 9.90 Å². The number of β-amino-alcohol motifs (C(OH)–C–C–N with tert-alkyl or cyclic N) is 1. The van der Waals surface area contributed by atoms with Crippen LogP contribution < -0.4 is 0 Å². The average molecular weight is 449 g/mol. The van der Waals surface area contributed by atoms with Crippen LogP contribution in [0, 0.1) is 11.8 Å². The van der Waals surface area contributed by atoms with Crippen LogP contribution in [0.5, 0.6) is 0 Å². The number of ether oxygens (including phenoxy) is 3. The Kier molecular flexibility index (Phi) is 6.06. The fourth-order valence-corrected chi connectivity index (χ4v) is 6.18. The molecule has 1 saturated carbocycles.